The van der Waals surface area contributed by atoms with Gasteiger partial charge >= 0.3 is 6.03 Å². The van der Waals surface area contributed by atoms with Crippen molar-refractivity contribution in [2.45, 2.75) is 65.1 Å². The fourth-order valence-electron chi connectivity index (χ4n) is 3.59. The molecular weight excluding hydrogens is 376 g/mol. The van der Waals surface area contributed by atoms with Crippen LogP contribution in [-0.2, 0) is 11.3 Å². The van der Waals surface area contributed by atoms with Gasteiger partial charge in [-0.3, -0.25) is 4.79 Å². The van der Waals surface area contributed by atoms with Gasteiger partial charge in [0, 0.05) is 12.6 Å². The van der Waals surface area contributed by atoms with E-state index in [2.05, 4.69) is 16.0 Å². The van der Waals surface area contributed by atoms with E-state index in [0.717, 1.165) is 24.8 Å². The number of nitrogens with one attached hydrogen (secondary N) is 3. The lowest BCUT2D eigenvalue weighted by atomic mass is 10.0. The zero-order chi connectivity index (χ0) is 19.8. The molecule has 28 heavy (non-hydrogen) atoms. The molecule has 5 N–H and O–H groups in total. The van der Waals surface area contributed by atoms with E-state index in [1.807, 2.05) is 45.0 Å². The van der Waals surface area contributed by atoms with Gasteiger partial charge in [0.1, 0.15) is 6.04 Å². The highest BCUT2D eigenvalue weighted by Crippen LogP contribution is 2.24. The first-order chi connectivity index (χ1) is 12.9. The Labute approximate surface area is 174 Å². The number of hydrogen-bond donors (Lipinski definition) is 4. The van der Waals surface area contributed by atoms with Crippen molar-refractivity contribution in [3.8, 4) is 0 Å². The Hall–Kier alpha value is -1.79. The third-order valence-electron chi connectivity index (χ3n) is 5.19. The van der Waals surface area contributed by atoms with Crippen LogP contribution in [0.15, 0.2) is 24.3 Å². The maximum Gasteiger partial charge on any atom is 0.315 e. The molecule has 1 saturated carbocycles. The fourth-order valence-corrected chi connectivity index (χ4v) is 3.59. The third-order valence-corrected chi connectivity index (χ3v) is 5.19. The molecule has 0 radical (unpaired) electrons. The van der Waals surface area contributed by atoms with Crippen molar-refractivity contribution < 1.29 is 9.59 Å². The van der Waals surface area contributed by atoms with Gasteiger partial charge in [0.05, 0.1) is 0 Å². The minimum atomic E-state index is -0.540. The first-order valence-corrected chi connectivity index (χ1v) is 9.99. The summed E-state index contributed by atoms with van der Waals surface area (Å²) < 4.78 is 0. The monoisotopic (exact) mass is 410 g/mol. The average Bonchev–Trinajstić information content (AvgIpc) is 3.07. The van der Waals surface area contributed by atoms with Crippen LogP contribution in [-0.4, -0.2) is 30.6 Å². The lowest BCUT2D eigenvalue weighted by Crippen LogP contribution is -2.53. The molecule has 1 aliphatic rings. The molecule has 1 aliphatic carbocycles. The summed E-state index contributed by atoms with van der Waals surface area (Å²) in [5.74, 6) is 0.524. The Morgan fingerprint density at radius 2 is 1.86 bits per heavy atom. The van der Waals surface area contributed by atoms with Crippen molar-refractivity contribution in [2.75, 3.05) is 6.54 Å². The smallest absolute Gasteiger partial charge is 0.315 e. The number of nitrogens with two attached hydrogens (primary N) is 1. The Bertz CT molecular complexity index is 621. The molecular formula is C21H35ClN4O2. The van der Waals surface area contributed by atoms with E-state index in [1.54, 1.807) is 0 Å². The van der Waals surface area contributed by atoms with Gasteiger partial charge in [-0.1, -0.05) is 50.1 Å². The number of carbonyl (C=O) groups is 2. The summed E-state index contributed by atoms with van der Waals surface area (Å²) >= 11 is 0. The molecule has 0 spiro atoms. The maximum atomic E-state index is 12.7. The van der Waals surface area contributed by atoms with E-state index >= 15 is 0 Å². The van der Waals surface area contributed by atoms with Crippen LogP contribution in [0.5, 0.6) is 0 Å². The van der Waals surface area contributed by atoms with Crippen molar-refractivity contribution >= 4 is 24.3 Å². The van der Waals surface area contributed by atoms with Gasteiger partial charge in [0.15, 0.2) is 0 Å². The van der Waals surface area contributed by atoms with Crippen molar-refractivity contribution in [1.29, 1.82) is 0 Å². The van der Waals surface area contributed by atoms with Crippen LogP contribution in [0.1, 0.15) is 50.7 Å². The SMILES string of the molecule is Cc1ccc(CNC(=O)NC(CC(C)C)C(=O)NC2CCCC2CN)cc1.Cl. The number of rotatable bonds is 8. The van der Waals surface area contributed by atoms with Crippen LogP contribution in [0.2, 0.25) is 0 Å². The van der Waals surface area contributed by atoms with Crippen molar-refractivity contribution in [3.63, 3.8) is 0 Å². The number of benzene rings is 1. The van der Waals surface area contributed by atoms with E-state index < -0.39 is 6.04 Å². The molecule has 7 heteroatoms. The van der Waals surface area contributed by atoms with Crippen molar-refractivity contribution in [2.24, 2.45) is 17.6 Å². The fraction of sp³-hybridized carbons (Fsp3) is 0.619. The maximum absolute atomic E-state index is 12.7. The topological polar surface area (TPSA) is 96.2 Å². The summed E-state index contributed by atoms with van der Waals surface area (Å²) in [4.78, 5) is 25.1. The van der Waals surface area contributed by atoms with Crippen molar-refractivity contribution in [1.82, 2.24) is 16.0 Å². The zero-order valence-corrected chi connectivity index (χ0v) is 18.0. The summed E-state index contributed by atoms with van der Waals surface area (Å²) in [6, 6.07) is 7.26. The molecule has 2 rings (SSSR count). The Morgan fingerprint density at radius 1 is 1.18 bits per heavy atom. The molecule has 3 amide bonds. The zero-order valence-electron chi connectivity index (χ0n) is 17.2. The van der Waals surface area contributed by atoms with Gasteiger partial charge in [0.2, 0.25) is 5.91 Å². The third kappa shape index (κ3) is 7.68. The molecule has 0 bridgehead atoms. The lowest BCUT2D eigenvalue weighted by Gasteiger charge is -2.25. The molecule has 3 atom stereocenters. The first kappa shape index (κ1) is 24.2. The van der Waals surface area contributed by atoms with E-state index in [9.17, 15) is 9.59 Å². The lowest BCUT2D eigenvalue weighted by molar-refractivity contribution is -0.124. The highest BCUT2D eigenvalue weighted by molar-refractivity contribution is 5.87. The minimum absolute atomic E-state index is 0. The molecule has 158 valence electrons. The first-order valence-electron chi connectivity index (χ1n) is 9.99. The molecule has 0 heterocycles. The highest BCUT2D eigenvalue weighted by Gasteiger charge is 2.30. The largest absolute Gasteiger partial charge is 0.351 e. The summed E-state index contributed by atoms with van der Waals surface area (Å²) in [5, 5.41) is 8.79. The molecule has 6 nitrogen and oxygen atoms in total. The number of amides is 3. The standard InChI is InChI=1S/C21H34N4O2.ClH/c1-14(2)11-19(20(26)24-18-6-4-5-17(18)12-22)25-21(27)23-13-16-9-7-15(3)8-10-16;/h7-10,14,17-19H,4-6,11-13,22H2,1-3H3,(H,24,26)(H2,23,25,27);1H. The minimum Gasteiger partial charge on any atom is -0.351 e. The van der Waals surface area contributed by atoms with E-state index in [1.165, 1.54) is 5.56 Å². The number of urea groups is 1. The van der Waals surface area contributed by atoms with Gasteiger partial charge in [-0.05, 0) is 50.1 Å². The molecule has 3 unspecified atom stereocenters. The molecule has 1 aromatic carbocycles. The number of carbonyl (C=O) groups excluding carboxylic acids is 2. The van der Waals surface area contributed by atoms with E-state index in [-0.39, 0.29) is 30.4 Å². The van der Waals surface area contributed by atoms with E-state index in [0.29, 0.717) is 31.3 Å². The summed E-state index contributed by atoms with van der Waals surface area (Å²) in [6.07, 6.45) is 3.71. The number of aryl methyl sites for hydroxylation is 1. The van der Waals surface area contributed by atoms with Gasteiger partial charge < -0.3 is 21.7 Å². The molecule has 0 saturated heterocycles. The molecule has 1 aromatic rings. The summed E-state index contributed by atoms with van der Waals surface area (Å²) in [7, 11) is 0. The Morgan fingerprint density at radius 3 is 2.46 bits per heavy atom. The van der Waals surface area contributed by atoms with Crippen LogP contribution >= 0.6 is 12.4 Å². The Balaban J connectivity index is 0.00000392. The summed E-state index contributed by atoms with van der Waals surface area (Å²) in [6.45, 7) is 7.14. The van der Waals surface area contributed by atoms with E-state index in [4.69, 9.17) is 5.73 Å². The van der Waals surface area contributed by atoms with Gasteiger partial charge in [-0.25, -0.2) is 4.79 Å². The van der Waals surface area contributed by atoms with Gasteiger partial charge in [0.25, 0.3) is 0 Å². The number of halogens is 1. The Kier molecular flexibility index (Phi) is 10.3. The van der Waals surface area contributed by atoms with Crippen LogP contribution in [0.3, 0.4) is 0 Å². The predicted molar refractivity (Wildman–Crippen MR) is 115 cm³/mol. The van der Waals surface area contributed by atoms with Crippen LogP contribution in [0.4, 0.5) is 4.79 Å². The normalized spacial score (nSPS) is 19.6. The molecule has 0 aromatic heterocycles. The number of hydrogen-bond acceptors (Lipinski definition) is 3. The second-order valence-corrected chi connectivity index (χ2v) is 8.04. The quantitative estimate of drug-likeness (QED) is 0.530. The second-order valence-electron chi connectivity index (χ2n) is 8.04. The van der Waals surface area contributed by atoms with Gasteiger partial charge in [-0.15, -0.1) is 12.4 Å². The average molecular weight is 411 g/mol. The van der Waals surface area contributed by atoms with Crippen LogP contribution in [0.25, 0.3) is 0 Å². The van der Waals surface area contributed by atoms with Crippen molar-refractivity contribution in [3.05, 3.63) is 35.4 Å². The molecule has 0 aliphatic heterocycles. The predicted octanol–water partition coefficient (Wildman–Crippen LogP) is 2.87. The van der Waals surface area contributed by atoms with Crippen LogP contribution < -0.4 is 21.7 Å². The van der Waals surface area contributed by atoms with Gasteiger partial charge in [-0.2, -0.15) is 0 Å². The molecule has 1 fully saturated rings. The second kappa shape index (κ2) is 11.9. The van der Waals surface area contributed by atoms with Crippen LogP contribution in [0, 0.1) is 18.8 Å². The summed E-state index contributed by atoms with van der Waals surface area (Å²) in [5.41, 5.74) is 8.02. The highest BCUT2D eigenvalue weighted by atomic mass is 35.5.